The first-order chi connectivity index (χ1) is 17.2. The number of amides is 1. The molecule has 1 amide bonds. The third kappa shape index (κ3) is 10.4. The zero-order valence-corrected chi connectivity index (χ0v) is 22.9. The maximum absolute atomic E-state index is 13.6. The van der Waals surface area contributed by atoms with Crippen LogP contribution >= 0.6 is 7.60 Å². The van der Waals surface area contributed by atoms with Gasteiger partial charge in [0.05, 0.1) is 19.3 Å². The second-order valence-electron chi connectivity index (χ2n) is 8.07. The number of esters is 4. The molecule has 0 radical (unpaired) electrons. The first-order valence-corrected chi connectivity index (χ1v) is 13.3. The first kappa shape index (κ1) is 32.5. The van der Waals surface area contributed by atoms with E-state index in [2.05, 4.69) is 5.32 Å². The largest absolute Gasteiger partial charge is 0.462 e. The van der Waals surface area contributed by atoms with Crippen LogP contribution < -0.4 is 5.32 Å². The van der Waals surface area contributed by atoms with Crippen molar-refractivity contribution in [1.82, 2.24) is 5.32 Å². The highest BCUT2D eigenvalue weighted by Crippen LogP contribution is 2.57. The average molecular weight is 553 g/mol. The summed E-state index contributed by atoms with van der Waals surface area (Å²) in [6.07, 6.45) is -5.72. The minimum absolute atomic E-state index is 0.00887. The molecule has 1 fully saturated rings. The molecule has 37 heavy (non-hydrogen) atoms. The average Bonchev–Trinajstić information content (AvgIpc) is 2.75. The molecule has 14 nitrogen and oxygen atoms in total. The van der Waals surface area contributed by atoms with Crippen molar-refractivity contribution in [3.8, 4) is 0 Å². The molecule has 0 aromatic rings. The van der Waals surface area contributed by atoms with Gasteiger partial charge in [-0.3, -0.25) is 28.5 Å². The van der Waals surface area contributed by atoms with E-state index >= 15 is 0 Å². The van der Waals surface area contributed by atoms with Gasteiger partial charge in [0.25, 0.3) is 0 Å². The van der Waals surface area contributed by atoms with Crippen molar-refractivity contribution in [2.24, 2.45) is 0 Å². The second kappa shape index (κ2) is 15.0. The highest BCUT2D eigenvalue weighted by Gasteiger charge is 2.54. The molecule has 1 rings (SSSR count). The number of carbonyl (C=O) groups excluding carboxylic acids is 5. The third-order valence-electron chi connectivity index (χ3n) is 4.92. The Morgan fingerprint density at radius 3 is 1.89 bits per heavy atom. The fourth-order valence-electron chi connectivity index (χ4n) is 3.83. The van der Waals surface area contributed by atoms with Gasteiger partial charge >= 0.3 is 31.5 Å². The second-order valence-corrected chi connectivity index (χ2v) is 10.2. The molecule has 0 aromatic carbocycles. The van der Waals surface area contributed by atoms with Gasteiger partial charge in [0.1, 0.15) is 18.8 Å². The van der Waals surface area contributed by atoms with E-state index in [1.165, 1.54) is 6.92 Å². The van der Waals surface area contributed by atoms with Crippen molar-refractivity contribution < 1.29 is 61.3 Å². The molecule has 1 N–H and O–H groups in total. The van der Waals surface area contributed by atoms with Crippen LogP contribution in [-0.4, -0.2) is 85.9 Å². The van der Waals surface area contributed by atoms with Gasteiger partial charge < -0.3 is 38.0 Å². The predicted molar refractivity (Wildman–Crippen MR) is 125 cm³/mol. The Hall–Kier alpha value is -2.54. The van der Waals surface area contributed by atoms with Gasteiger partial charge in [-0.1, -0.05) is 0 Å². The van der Waals surface area contributed by atoms with Crippen LogP contribution in [0.5, 0.6) is 0 Å². The molecule has 15 heteroatoms. The summed E-state index contributed by atoms with van der Waals surface area (Å²) in [6.45, 7) is 8.24. The van der Waals surface area contributed by atoms with Crippen LogP contribution in [0.15, 0.2) is 0 Å². The van der Waals surface area contributed by atoms with Gasteiger partial charge in [-0.15, -0.1) is 0 Å². The highest BCUT2D eigenvalue weighted by atomic mass is 31.2. The minimum Gasteiger partial charge on any atom is -0.462 e. The van der Waals surface area contributed by atoms with Gasteiger partial charge in [-0.05, 0) is 13.8 Å². The van der Waals surface area contributed by atoms with Gasteiger partial charge in [-0.2, -0.15) is 0 Å². The van der Waals surface area contributed by atoms with Crippen LogP contribution in [0.1, 0.15) is 54.9 Å². The molecular weight excluding hydrogens is 517 g/mol. The molecule has 1 heterocycles. The summed E-state index contributed by atoms with van der Waals surface area (Å²) in [6, 6.07) is -1.17. The third-order valence-corrected chi connectivity index (χ3v) is 7.20. The molecule has 1 saturated heterocycles. The summed E-state index contributed by atoms with van der Waals surface area (Å²) in [5, 5.41) is 2.60. The minimum atomic E-state index is -4.00. The molecule has 1 aliphatic heterocycles. The van der Waals surface area contributed by atoms with E-state index in [-0.39, 0.29) is 19.6 Å². The number of ether oxygens (including phenoxy) is 5. The molecule has 0 aliphatic carbocycles. The van der Waals surface area contributed by atoms with Crippen LogP contribution in [0.2, 0.25) is 0 Å². The summed E-state index contributed by atoms with van der Waals surface area (Å²) in [4.78, 5) is 59.5. The van der Waals surface area contributed by atoms with Crippen molar-refractivity contribution in [1.29, 1.82) is 0 Å². The van der Waals surface area contributed by atoms with Gasteiger partial charge in [-0.25, -0.2) is 0 Å². The summed E-state index contributed by atoms with van der Waals surface area (Å²) in [7, 11) is -4.00. The Morgan fingerprint density at radius 2 is 1.46 bits per heavy atom. The van der Waals surface area contributed by atoms with Gasteiger partial charge in [0.2, 0.25) is 5.91 Å². The first-order valence-electron chi connectivity index (χ1n) is 11.7. The van der Waals surface area contributed by atoms with Gasteiger partial charge in [0.15, 0.2) is 18.1 Å². The van der Waals surface area contributed by atoms with Crippen molar-refractivity contribution in [3.05, 3.63) is 0 Å². The molecule has 1 aliphatic rings. The van der Waals surface area contributed by atoms with Crippen LogP contribution in [0.4, 0.5) is 0 Å². The smallest absolute Gasteiger partial charge is 0.359 e. The van der Waals surface area contributed by atoms with Crippen LogP contribution in [0.25, 0.3) is 0 Å². The van der Waals surface area contributed by atoms with Crippen molar-refractivity contribution >= 4 is 37.4 Å². The lowest BCUT2D eigenvalue weighted by Gasteiger charge is -2.45. The van der Waals surface area contributed by atoms with Crippen molar-refractivity contribution in [3.63, 3.8) is 0 Å². The summed E-state index contributed by atoms with van der Waals surface area (Å²) < 4.78 is 51.7. The van der Waals surface area contributed by atoms with Crippen LogP contribution in [0.3, 0.4) is 0 Å². The maximum Gasteiger partial charge on any atom is 0.359 e. The predicted octanol–water partition coefficient (Wildman–Crippen LogP) is 1.23. The number of hydrogen-bond acceptors (Lipinski definition) is 13. The Morgan fingerprint density at radius 1 is 0.892 bits per heavy atom. The zero-order chi connectivity index (χ0) is 28.3. The summed E-state index contributed by atoms with van der Waals surface area (Å²) >= 11 is 0. The number of nitrogens with one attached hydrogen (secondary N) is 1. The van der Waals surface area contributed by atoms with Crippen molar-refractivity contribution in [2.45, 2.75) is 91.2 Å². The lowest BCUT2D eigenvalue weighted by Crippen LogP contribution is -2.64. The van der Waals surface area contributed by atoms with Crippen LogP contribution in [0, 0.1) is 0 Å². The fourth-order valence-corrected chi connectivity index (χ4v) is 5.71. The standard InChI is InChI=1S/C22H36NO13P/c1-8-31-37(29,32-9-2)19-10-17(33-14(5)26)20(23-12(3)24)22(36-19)21(35-16(7)28)18(34-15(6)27)11-30-13(4)25/h17-22H,8-11H2,1-7H3,(H,23,24)/t17-,18+,19?,20+,21+,22+/m0/s1. The monoisotopic (exact) mass is 553 g/mol. The van der Waals surface area contributed by atoms with E-state index in [0.717, 1.165) is 27.7 Å². The highest BCUT2D eigenvalue weighted by molar-refractivity contribution is 7.54. The Labute approximate surface area is 215 Å². The summed E-state index contributed by atoms with van der Waals surface area (Å²) in [5.74, 6) is -4.96. The molecule has 0 aromatic heterocycles. The van der Waals surface area contributed by atoms with Crippen LogP contribution in [-0.2, 0) is 61.3 Å². The molecular formula is C22H36NO13P. The Balaban J connectivity index is 3.70. The lowest BCUT2D eigenvalue weighted by atomic mass is 9.92. The zero-order valence-electron chi connectivity index (χ0n) is 22.0. The van der Waals surface area contributed by atoms with E-state index in [1.807, 2.05) is 0 Å². The van der Waals surface area contributed by atoms with E-state index in [1.54, 1.807) is 13.8 Å². The Bertz CT molecular complexity index is 869. The van der Waals surface area contributed by atoms with E-state index in [4.69, 9.17) is 32.7 Å². The topological polar surface area (TPSA) is 179 Å². The number of hydrogen-bond donors (Lipinski definition) is 1. The Kier molecular flexibility index (Phi) is 13.2. The molecule has 1 unspecified atom stereocenters. The molecule has 212 valence electrons. The van der Waals surface area contributed by atoms with E-state index in [9.17, 15) is 28.5 Å². The fraction of sp³-hybridized carbons (Fsp3) is 0.773. The number of carbonyl (C=O) groups is 5. The summed E-state index contributed by atoms with van der Waals surface area (Å²) in [5.41, 5.74) is 0. The number of rotatable bonds is 13. The normalized spacial score (nSPS) is 23.2. The lowest BCUT2D eigenvalue weighted by molar-refractivity contribution is -0.207. The van der Waals surface area contributed by atoms with Crippen molar-refractivity contribution in [2.75, 3.05) is 19.8 Å². The molecule has 0 saturated carbocycles. The molecule has 0 bridgehead atoms. The molecule has 0 spiro atoms. The molecule has 6 atom stereocenters. The quantitative estimate of drug-likeness (QED) is 0.196. The van der Waals surface area contributed by atoms with Gasteiger partial charge in [0, 0.05) is 41.0 Å². The van der Waals surface area contributed by atoms with E-state index in [0.29, 0.717) is 0 Å². The maximum atomic E-state index is 13.6. The SMILES string of the molecule is CCOP(=O)(OCC)C1C[C@H](OC(C)=O)[C@@H](NC(C)=O)[C@H]([C@H](OC(C)=O)[C@@H](COC(C)=O)OC(C)=O)O1. The van der Waals surface area contributed by atoms with E-state index < -0.39 is 80.3 Å².